The van der Waals surface area contributed by atoms with Gasteiger partial charge in [-0.15, -0.1) is 10.2 Å². The van der Waals surface area contributed by atoms with Crippen LogP contribution < -0.4 is 5.32 Å². The van der Waals surface area contributed by atoms with Crippen molar-refractivity contribution in [1.82, 2.24) is 10.2 Å². The molecule has 1 unspecified atom stereocenters. The maximum absolute atomic E-state index is 12.7. The van der Waals surface area contributed by atoms with Gasteiger partial charge < -0.3 is 9.73 Å². The zero-order valence-electron chi connectivity index (χ0n) is 16.0. The highest BCUT2D eigenvalue weighted by Crippen LogP contribution is 2.29. The molecule has 3 aromatic rings. The fourth-order valence-electron chi connectivity index (χ4n) is 2.60. The summed E-state index contributed by atoms with van der Waals surface area (Å²) in [5, 5.41) is 10.8. The van der Waals surface area contributed by atoms with Crippen molar-refractivity contribution in [2.45, 2.75) is 37.2 Å². The predicted octanol–water partition coefficient (Wildman–Crippen LogP) is 5.60. The zero-order valence-corrected chi connectivity index (χ0v) is 18.4. The van der Waals surface area contributed by atoms with E-state index in [2.05, 4.69) is 31.4 Å². The SMILES string of the molecule is CCCC(=O)Nc1ccc(C(=O)C(C)Sc2nnc(-c3cccc(Br)c3)o2)cc1. The van der Waals surface area contributed by atoms with Crippen LogP contribution in [0.1, 0.15) is 37.0 Å². The van der Waals surface area contributed by atoms with Gasteiger partial charge in [0, 0.05) is 27.7 Å². The van der Waals surface area contributed by atoms with Gasteiger partial charge in [-0.05, 0) is 55.8 Å². The van der Waals surface area contributed by atoms with Crippen LogP contribution in [0.4, 0.5) is 5.69 Å². The van der Waals surface area contributed by atoms with Crippen LogP contribution >= 0.6 is 27.7 Å². The van der Waals surface area contributed by atoms with Gasteiger partial charge in [-0.1, -0.05) is 40.7 Å². The number of nitrogens with one attached hydrogen (secondary N) is 1. The number of Topliss-reactive ketones (excluding diaryl/α,β-unsaturated/α-hetero) is 1. The first-order chi connectivity index (χ1) is 14.0. The molecule has 6 nitrogen and oxygen atoms in total. The predicted molar refractivity (Wildman–Crippen MR) is 117 cm³/mol. The van der Waals surface area contributed by atoms with Crippen LogP contribution in [-0.4, -0.2) is 27.1 Å². The smallest absolute Gasteiger partial charge is 0.277 e. The number of anilines is 1. The summed E-state index contributed by atoms with van der Waals surface area (Å²) < 4.78 is 6.60. The number of ketones is 1. The van der Waals surface area contributed by atoms with Crippen LogP contribution in [0.2, 0.25) is 0 Å². The molecule has 1 N–H and O–H groups in total. The lowest BCUT2D eigenvalue weighted by atomic mass is 10.1. The van der Waals surface area contributed by atoms with E-state index in [0.29, 0.717) is 28.8 Å². The molecule has 0 bridgehead atoms. The topological polar surface area (TPSA) is 85.1 Å². The van der Waals surface area contributed by atoms with E-state index < -0.39 is 5.25 Å². The summed E-state index contributed by atoms with van der Waals surface area (Å²) in [6.07, 6.45) is 1.26. The maximum Gasteiger partial charge on any atom is 0.277 e. The van der Waals surface area contributed by atoms with E-state index >= 15 is 0 Å². The third kappa shape index (κ3) is 5.77. The number of rotatable bonds is 8. The summed E-state index contributed by atoms with van der Waals surface area (Å²) in [6, 6.07) is 14.4. The largest absolute Gasteiger partial charge is 0.411 e. The number of nitrogens with zero attached hydrogens (tertiary/aromatic N) is 2. The van der Waals surface area contributed by atoms with Crippen LogP contribution in [0, 0.1) is 0 Å². The molecule has 8 heteroatoms. The molecule has 0 fully saturated rings. The molecule has 0 aliphatic carbocycles. The van der Waals surface area contributed by atoms with E-state index in [1.165, 1.54) is 11.8 Å². The standard InChI is InChI=1S/C21H20BrN3O3S/c1-3-5-18(26)23-17-10-8-14(9-11-17)19(27)13(2)29-21-25-24-20(28-21)15-6-4-7-16(22)12-15/h4,6-13H,3,5H2,1-2H3,(H,23,26). The molecule has 150 valence electrons. The fraction of sp³-hybridized carbons (Fsp3) is 0.238. The summed E-state index contributed by atoms with van der Waals surface area (Å²) >= 11 is 4.63. The lowest BCUT2D eigenvalue weighted by Crippen LogP contribution is -2.14. The van der Waals surface area contributed by atoms with Crippen molar-refractivity contribution >= 4 is 45.1 Å². The Morgan fingerprint density at radius 3 is 2.62 bits per heavy atom. The van der Waals surface area contributed by atoms with Gasteiger partial charge in [0.25, 0.3) is 5.22 Å². The van der Waals surface area contributed by atoms with Gasteiger partial charge in [0.2, 0.25) is 11.8 Å². The molecule has 3 rings (SSSR count). The molecule has 29 heavy (non-hydrogen) atoms. The summed E-state index contributed by atoms with van der Waals surface area (Å²) in [6.45, 7) is 3.75. The Balaban J connectivity index is 1.63. The average Bonchev–Trinajstić information content (AvgIpc) is 3.16. The van der Waals surface area contributed by atoms with Crippen LogP contribution in [-0.2, 0) is 4.79 Å². The first kappa shape index (κ1) is 21.3. The fourth-order valence-corrected chi connectivity index (χ4v) is 3.76. The average molecular weight is 474 g/mol. The molecular weight excluding hydrogens is 454 g/mol. The Hall–Kier alpha value is -2.45. The third-order valence-corrected chi connectivity index (χ3v) is 5.48. The number of hydrogen-bond donors (Lipinski definition) is 1. The van der Waals surface area contributed by atoms with Gasteiger partial charge in [0.15, 0.2) is 5.78 Å². The van der Waals surface area contributed by atoms with Gasteiger partial charge >= 0.3 is 0 Å². The van der Waals surface area contributed by atoms with Crippen molar-refractivity contribution in [2.75, 3.05) is 5.32 Å². The summed E-state index contributed by atoms with van der Waals surface area (Å²) in [4.78, 5) is 24.4. The first-order valence-corrected chi connectivity index (χ1v) is 10.8. The molecular formula is C21H20BrN3O3S. The molecule has 0 saturated carbocycles. The number of thioether (sulfide) groups is 1. The molecule has 1 amide bonds. The lowest BCUT2D eigenvalue weighted by molar-refractivity contribution is -0.116. The van der Waals surface area contributed by atoms with Gasteiger partial charge in [-0.3, -0.25) is 9.59 Å². The van der Waals surface area contributed by atoms with Gasteiger partial charge in [-0.25, -0.2) is 0 Å². The number of carbonyl (C=O) groups excluding carboxylic acids is 2. The summed E-state index contributed by atoms with van der Waals surface area (Å²) in [5.41, 5.74) is 2.04. The molecule has 2 aromatic carbocycles. The highest BCUT2D eigenvalue weighted by molar-refractivity contribution is 9.10. The Labute approximate surface area is 181 Å². The highest BCUT2D eigenvalue weighted by Gasteiger charge is 2.20. The highest BCUT2D eigenvalue weighted by atomic mass is 79.9. The van der Waals surface area contributed by atoms with E-state index in [9.17, 15) is 9.59 Å². The van der Waals surface area contributed by atoms with Crippen molar-refractivity contribution in [3.63, 3.8) is 0 Å². The van der Waals surface area contributed by atoms with Crippen molar-refractivity contribution in [1.29, 1.82) is 0 Å². The van der Waals surface area contributed by atoms with Crippen LogP contribution in [0.3, 0.4) is 0 Å². The van der Waals surface area contributed by atoms with Gasteiger partial charge in [-0.2, -0.15) is 0 Å². The Kier molecular flexibility index (Phi) is 7.22. The number of hydrogen-bond acceptors (Lipinski definition) is 6. The maximum atomic E-state index is 12.7. The minimum Gasteiger partial charge on any atom is -0.411 e. The molecule has 0 spiro atoms. The van der Waals surface area contributed by atoms with Crippen molar-refractivity contribution in [3.05, 3.63) is 58.6 Å². The normalized spacial score (nSPS) is 11.8. The second-order valence-electron chi connectivity index (χ2n) is 6.38. The van der Waals surface area contributed by atoms with E-state index in [0.717, 1.165) is 16.5 Å². The quantitative estimate of drug-likeness (QED) is 0.338. The first-order valence-electron chi connectivity index (χ1n) is 9.16. The summed E-state index contributed by atoms with van der Waals surface area (Å²) in [7, 11) is 0. The summed E-state index contributed by atoms with van der Waals surface area (Å²) in [5.74, 6) is 0.317. The number of amides is 1. The van der Waals surface area contributed by atoms with Crippen molar-refractivity contribution in [2.24, 2.45) is 0 Å². The minimum atomic E-state index is -0.397. The molecule has 0 radical (unpaired) electrons. The monoisotopic (exact) mass is 473 g/mol. The van der Waals surface area contributed by atoms with E-state index in [1.807, 2.05) is 31.2 Å². The number of halogens is 1. The van der Waals surface area contributed by atoms with E-state index in [4.69, 9.17) is 4.42 Å². The number of benzene rings is 2. The molecule has 0 aliphatic rings. The number of aromatic nitrogens is 2. The van der Waals surface area contributed by atoms with E-state index in [1.54, 1.807) is 31.2 Å². The third-order valence-electron chi connectivity index (χ3n) is 4.06. The van der Waals surface area contributed by atoms with Crippen LogP contribution in [0.25, 0.3) is 11.5 Å². The second kappa shape index (κ2) is 9.84. The van der Waals surface area contributed by atoms with Crippen molar-refractivity contribution in [3.8, 4) is 11.5 Å². The minimum absolute atomic E-state index is 0.0341. The Bertz CT molecular complexity index is 1000. The van der Waals surface area contributed by atoms with Gasteiger partial charge in [0.05, 0.1) is 5.25 Å². The van der Waals surface area contributed by atoms with Crippen LogP contribution in [0.15, 0.2) is 62.6 Å². The second-order valence-corrected chi connectivity index (χ2v) is 8.59. The van der Waals surface area contributed by atoms with E-state index in [-0.39, 0.29) is 11.7 Å². The molecule has 1 atom stereocenters. The zero-order chi connectivity index (χ0) is 20.8. The number of carbonyl (C=O) groups is 2. The molecule has 1 heterocycles. The Morgan fingerprint density at radius 1 is 1.17 bits per heavy atom. The van der Waals surface area contributed by atoms with Gasteiger partial charge in [0.1, 0.15) is 0 Å². The molecule has 0 aliphatic heterocycles. The lowest BCUT2D eigenvalue weighted by Gasteiger charge is -2.09. The molecule has 0 saturated heterocycles. The van der Waals surface area contributed by atoms with Crippen molar-refractivity contribution < 1.29 is 14.0 Å². The Morgan fingerprint density at radius 2 is 1.93 bits per heavy atom. The molecule has 1 aromatic heterocycles. The van der Waals surface area contributed by atoms with Crippen LogP contribution in [0.5, 0.6) is 0 Å².